The van der Waals surface area contributed by atoms with E-state index in [4.69, 9.17) is 11.6 Å². The second-order valence-corrected chi connectivity index (χ2v) is 6.38. The van der Waals surface area contributed by atoms with Gasteiger partial charge in [-0.1, -0.05) is 11.6 Å². The van der Waals surface area contributed by atoms with Gasteiger partial charge in [-0.15, -0.1) is 0 Å². The van der Waals surface area contributed by atoms with Crippen molar-refractivity contribution in [3.8, 4) is 0 Å². The molecule has 0 radical (unpaired) electrons. The van der Waals surface area contributed by atoms with Crippen molar-refractivity contribution in [1.29, 1.82) is 0 Å². The second-order valence-electron chi connectivity index (χ2n) is 5.16. The fraction of sp³-hybridized carbons (Fsp3) is 0.267. The Balaban J connectivity index is 2.14. The molecule has 0 bridgehead atoms. The maximum Gasteiger partial charge on any atom is 0.283 e. The van der Waals surface area contributed by atoms with Gasteiger partial charge in [-0.3, -0.25) is 14.9 Å². The van der Waals surface area contributed by atoms with E-state index in [2.05, 4.69) is 5.32 Å². The van der Waals surface area contributed by atoms with Crippen molar-refractivity contribution in [2.24, 2.45) is 0 Å². The highest BCUT2D eigenvalue weighted by Gasteiger charge is 2.22. The summed E-state index contributed by atoms with van der Waals surface area (Å²) in [5, 5.41) is 18.0. The standard InChI is InChI=1S/C15H16ClN3O3S/c1-18(2)14(10-5-6-23-9-10)8-17-15(20)12-4-3-11(16)7-13(12)19(21)22/h3-7,9,14H,8H2,1-2H3,(H,17,20)/t14-/m0/s1. The first-order chi connectivity index (χ1) is 10.9. The van der Waals surface area contributed by atoms with Crippen LogP contribution in [0, 0.1) is 10.1 Å². The van der Waals surface area contributed by atoms with Gasteiger partial charge in [-0.2, -0.15) is 11.3 Å². The molecule has 1 amide bonds. The lowest BCUT2D eigenvalue weighted by atomic mass is 10.1. The average Bonchev–Trinajstić information content (AvgIpc) is 3.00. The van der Waals surface area contributed by atoms with Crippen LogP contribution >= 0.6 is 22.9 Å². The molecule has 1 atom stereocenters. The monoisotopic (exact) mass is 353 g/mol. The summed E-state index contributed by atoms with van der Waals surface area (Å²) in [7, 11) is 3.83. The number of carbonyl (C=O) groups is 1. The molecule has 0 saturated heterocycles. The van der Waals surface area contributed by atoms with Gasteiger partial charge in [0, 0.05) is 17.6 Å². The molecule has 8 heteroatoms. The van der Waals surface area contributed by atoms with Crippen LogP contribution in [0.2, 0.25) is 5.02 Å². The normalized spacial score (nSPS) is 12.2. The van der Waals surface area contributed by atoms with Crippen LogP contribution in [0.3, 0.4) is 0 Å². The fourth-order valence-corrected chi connectivity index (χ4v) is 3.07. The van der Waals surface area contributed by atoms with Crippen LogP contribution in [0.15, 0.2) is 35.0 Å². The predicted octanol–water partition coefficient (Wildman–Crippen LogP) is 3.34. The van der Waals surface area contributed by atoms with E-state index in [1.165, 1.54) is 18.2 Å². The number of benzene rings is 1. The summed E-state index contributed by atoms with van der Waals surface area (Å²) >= 11 is 7.34. The average molecular weight is 354 g/mol. The van der Waals surface area contributed by atoms with Gasteiger partial charge in [0.15, 0.2) is 0 Å². The summed E-state index contributed by atoms with van der Waals surface area (Å²) in [6, 6.07) is 6.00. The molecular formula is C15H16ClN3O3S. The lowest BCUT2D eigenvalue weighted by molar-refractivity contribution is -0.385. The summed E-state index contributed by atoms with van der Waals surface area (Å²) in [4.78, 5) is 24.8. The minimum Gasteiger partial charge on any atom is -0.350 e. The third-order valence-electron chi connectivity index (χ3n) is 3.41. The number of hydrogen-bond donors (Lipinski definition) is 1. The van der Waals surface area contributed by atoms with Crippen LogP contribution in [-0.4, -0.2) is 36.4 Å². The molecule has 0 aliphatic carbocycles. The fourth-order valence-electron chi connectivity index (χ4n) is 2.20. The van der Waals surface area contributed by atoms with E-state index >= 15 is 0 Å². The van der Waals surface area contributed by atoms with E-state index in [1.807, 2.05) is 35.8 Å². The molecule has 1 heterocycles. The number of nitro groups is 1. The molecule has 0 aliphatic rings. The number of rotatable bonds is 6. The molecule has 0 saturated carbocycles. The minimum atomic E-state index is -0.608. The van der Waals surface area contributed by atoms with Crippen LogP contribution in [0.25, 0.3) is 0 Å². The number of amides is 1. The zero-order chi connectivity index (χ0) is 17.0. The lowest BCUT2D eigenvalue weighted by Crippen LogP contribution is -2.34. The Labute approximate surface area is 142 Å². The molecule has 23 heavy (non-hydrogen) atoms. The van der Waals surface area contributed by atoms with E-state index in [-0.39, 0.29) is 22.3 Å². The van der Waals surface area contributed by atoms with Crippen LogP contribution in [-0.2, 0) is 0 Å². The van der Waals surface area contributed by atoms with Crippen molar-refractivity contribution in [3.63, 3.8) is 0 Å². The quantitative estimate of drug-likeness (QED) is 0.638. The van der Waals surface area contributed by atoms with Crippen molar-refractivity contribution in [2.45, 2.75) is 6.04 Å². The van der Waals surface area contributed by atoms with Crippen molar-refractivity contribution < 1.29 is 9.72 Å². The van der Waals surface area contributed by atoms with Crippen LogP contribution < -0.4 is 5.32 Å². The molecule has 2 rings (SSSR count). The second kappa shape index (κ2) is 7.54. The Morgan fingerprint density at radius 2 is 2.17 bits per heavy atom. The molecule has 0 aliphatic heterocycles. The molecular weight excluding hydrogens is 338 g/mol. The van der Waals surface area contributed by atoms with Gasteiger partial charge in [0.05, 0.1) is 11.0 Å². The van der Waals surface area contributed by atoms with Crippen molar-refractivity contribution >= 4 is 34.5 Å². The predicted molar refractivity (Wildman–Crippen MR) is 91.2 cm³/mol. The van der Waals surface area contributed by atoms with E-state index in [1.54, 1.807) is 11.3 Å². The molecule has 0 unspecified atom stereocenters. The van der Waals surface area contributed by atoms with Crippen LogP contribution in [0.5, 0.6) is 0 Å². The first-order valence-corrected chi connectivity index (χ1v) is 8.13. The SMILES string of the molecule is CN(C)[C@@H](CNC(=O)c1ccc(Cl)cc1[N+](=O)[O-])c1ccsc1. The number of nitro benzene ring substituents is 1. The molecule has 0 fully saturated rings. The minimum absolute atomic E-state index is 0.00206. The van der Waals surface area contributed by atoms with Gasteiger partial charge in [-0.05, 0) is 48.6 Å². The molecule has 1 aromatic heterocycles. The number of halogens is 1. The van der Waals surface area contributed by atoms with Crippen molar-refractivity contribution in [3.05, 3.63) is 61.3 Å². The summed E-state index contributed by atoms with van der Waals surface area (Å²) in [6.45, 7) is 0.350. The van der Waals surface area contributed by atoms with E-state index in [0.717, 1.165) is 5.56 Å². The lowest BCUT2D eigenvalue weighted by Gasteiger charge is -2.24. The molecule has 1 aromatic carbocycles. The Bertz CT molecular complexity index is 704. The largest absolute Gasteiger partial charge is 0.350 e. The van der Waals surface area contributed by atoms with E-state index in [9.17, 15) is 14.9 Å². The van der Waals surface area contributed by atoms with Gasteiger partial charge in [-0.25, -0.2) is 0 Å². The van der Waals surface area contributed by atoms with Gasteiger partial charge in [0.2, 0.25) is 0 Å². The van der Waals surface area contributed by atoms with Crippen molar-refractivity contribution in [2.75, 3.05) is 20.6 Å². The number of likely N-dealkylation sites (N-methyl/N-ethyl adjacent to an activating group) is 1. The van der Waals surface area contributed by atoms with Crippen LogP contribution in [0.1, 0.15) is 22.0 Å². The third-order valence-corrected chi connectivity index (χ3v) is 4.34. The third kappa shape index (κ3) is 4.28. The summed E-state index contributed by atoms with van der Waals surface area (Å²) in [5.41, 5.74) is 0.792. The maximum absolute atomic E-state index is 12.3. The number of nitrogens with one attached hydrogen (secondary N) is 1. The summed E-state index contributed by atoms with van der Waals surface area (Å²) in [5.74, 6) is -0.490. The number of nitrogens with zero attached hydrogens (tertiary/aromatic N) is 2. The maximum atomic E-state index is 12.3. The molecule has 2 aromatic rings. The van der Waals surface area contributed by atoms with Gasteiger partial charge < -0.3 is 10.2 Å². The highest BCUT2D eigenvalue weighted by Crippen LogP contribution is 2.24. The Morgan fingerprint density at radius 1 is 1.43 bits per heavy atom. The number of carbonyl (C=O) groups excluding carboxylic acids is 1. The number of thiophene rings is 1. The Hall–Kier alpha value is -1.96. The first-order valence-electron chi connectivity index (χ1n) is 6.81. The summed E-state index contributed by atoms with van der Waals surface area (Å²) < 4.78 is 0. The molecule has 122 valence electrons. The smallest absolute Gasteiger partial charge is 0.283 e. The van der Waals surface area contributed by atoms with Crippen LogP contribution in [0.4, 0.5) is 5.69 Å². The Kier molecular flexibility index (Phi) is 5.70. The molecule has 0 spiro atoms. The van der Waals surface area contributed by atoms with E-state index < -0.39 is 10.8 Å². The van der Waals surface area contributed by atoms with Crippen molar-refractivity contribution in [1.82, 2.24) is 10.2 Å². The topological polar surface area (TPSA) is 75.5 Å². The highest BCUT2D eigenvalue weighted by molar-refractivity contribution is 7.07. The molecule has 1 N–H and O–H groups in total. The van der Waals surface area contributed by atoms with Gasteiger partial charge in [0.25, 0.3) is 11.6 Å². The van der Waals surface area contributed by atoms with Gasteiger partial charge >= 0.3 is 0 Å². The highest BCUT2D eigenvalue weighted by atomic mass is 35.5. The summed E-state index contributed by atoms with van der Waals surface area (Å²) in [6.07, 6.45) is 0. The Morgan fingerprint density at radius 3 is 2.74 bits per heavy atom. The van der Waals surface area contributed by atoms with Gasteiger partial charge in [0.1, 0.15) is 5.56 Å². The first kappa shape index (κ1) is 17.4. The number of hydrogen-bond acceptors (Lipinski definition) is 5. The zero-order valence-corrected chi connectivity index (χ0v) is 14.2. The van der Waals surface area contributed by atoms with E-state index in [0.29, 0.717) is 6.54 Å². The zero-order valence-electron chi connectivity index (χ0n) is 12.7. The molecule has 6 nitrogen and oxygen atoms in total.